The average Bonchev–Trinajstić information content (AvgIpc) is 1.94. The van der Waals surface area contributed by atoms with E-state index in [2.05, 4.69) is 0 Å². The molecule has 52 valence electrons. The first-order valence-electron chi connectivity index (χ1n) is 3.66. The molecule has 2 rings (SSSR count). The van der Waals surface area contributed by atoms with Crippen LogP contribution in [0.4, 0.5) is 0 Å². The minimum atomic E-state index is 0.451. The van der Waals surface area contributed by atoms with Crippen molar-refractivity contribution in [3.05, 3.63) is 0 Å². The lowest BCUT2D eigenvalue weighted by molar-refractivity contribution is -0.134. The van der Waals surface area contributed by atoms with Crippen molar-refractivity contribution in [2.75, 3.05) is 19.8 Å². The molecule has 0 amide bonds. The van der Waals surface area contributed by atoms with Gasteiger partial charge in [0.2, 0.25) is 0 Å². The minimum Gasteiger partial charge on any atom is -0.379 e. The van der Waals surface area contributed by atoms with Gasteiger partial charge in [-0.05, 0) is 12.8 Å². The smallest absolute Gasteiger partial charge is 0.0858 e. The highest BCUT2D eigenvalue weighted by Crippen LogP contribution is 2.27. The van der Waals surface area contributed by atoms with Gasteiger partial charge in [-0.2, -0.15) is 0 Å². The second-order valence-electron chi connectivity index (χ2n) is 2.85. The van der Waals surface area contributed by atoms with Crippen LogP contribution in [-0.4, -0.2) is 25.9 Å². The summed E-state index contributed by atoms with van der Waals surface area (Å²) in [4.78, 5) is 0. The maximum atomic E-state index is 5.30. The number of rotatable bonds is 0. The Morgan fingerprint density at radius 1 is 1.22 bits per heavy atom. The molecular weight excluding hydrogens is 116 g/mol. The molecule has 0 aliphatic carbocycles. The van der Waals surface area contributed by atoms with Crippen LogP contribution < -0.4 is 0 Å². The zero-order chi connectivity index (χ0) is 6.10. The van der Waals surface area contributed by atoms with Crippen LogP contribution in [0.2, 0.25) is 0 Å². The van der Waals surface area contributed by atoms with E-state index in [4.69, 9.17) is 9.47 Å². The van der Waals surface area contributed by atoms with Crippen molar-refractivity contribution in [3.63, 3.8) is 0 Å². The first-order chi connectivity index (χ1) is 4.47. The number of hydrogen-bond acceptors (Lipinski definition) is 2. The minimum absolute atomic E-state index is 0.451. The Hall–Kier alpha value is -0.0800. The van der Waals surface area contributed by atoms with Crippen molar-refractivity contribution >= 4 is 0 Å². The molecule has 0 spiro atoms. The van der Waals surface area contributed by atoms with Gasteiger partial charge in [-0.3, -0.25) is 0 Å². The van der Waals surface area contributed by atoms with Crippen LogP contribution in [0.3, 0.4) is 0 Å². The van der Waals surface area contributed by atoms with E-state index in [1.807, 2.05) is 0 Å². The van der Waals surface area contributed by atoms with Crippen LogP contribution in [0.15, 0.2) is 0 Å². The van der Waals surface area contributed by atoms with Gasteiger partial charge in [0.1, 0.15) is 0 Å². The van der Waals surface area contributed by atoms with E-state index in [9.17, 15) is 0 Å². The van der Waals surface area contributed by atoms with E-state index in [1.54, 1.807) is 0 Å². The maximum absolute atomic E-state index is 5.30. The molecule has 0 aromatic heterocycles. The monoisotopic (exact) mass is 128 g/mol. The van der Waals surface area contributed by atoms with Crippen molar-refractivity contribution in [2.45, 2.75) is 18.9 Å². The molecule has 2 atom stereocenters. The molecule has 0 aromatic rings. The predicted molar refractivity (Wildman–Crippen MR) is 33.3 cm³/mol. The molecule has 0 aromatic carbocycles. The number of hydrogen-bond donors (Lipinski definition) is 0. The van der Waals surface area contributed by atoms with Gasteiger partial charge >= 0.3 is 0 Å². The van der Waals surface area contributed by atoms with Crippen LogP contribution in [0, 0.1) is 5.92 Å². The van der Waals surface area contributed by atoms with E-state index < -0.39 is 0 Å². The Morgan fingerprint density at radius 3 is 3.00 bits per heavy atom. The molecule has 2 aliphatic heterocycles. The fourth-order valence-electron chi connectivity index (χ4n) is 1.47. The van der Waals surface area contributed by atoms with Crippen molar-refractivity contribution in [3.8, 4) is 0 Å². The Balaban J connectivity index is 1.90. The lowest BCUT2D eigenvalue weighted by atomic mass is 9.94. The Bertz CT molecular complexity index is 91.1. The molecule has 2 nitrogen and oxygen atoms in total. The summed E-state index contributed by atoms with van der Waals surface area (Å²) in [6.45, 7) is 2.76. The van der Waals surface area contributed by atoms with Gasteiger partial charge in [0.05, 0.1) is 19.3 Å². The van der Waals surface area contributed by atoms with Crippen LogP contribution in [-0.2, 0) is 9.47 Å². The highest BCUT2D eigenvalue weighted by Gasteiger charge is 2.32. The Labute approximate surface area is 55.1 Å². The summed E-state index contributed by atoms with van der Waals surface area (Å²) < 4.78 is 10.6. The lowest BCUT2D eigenvalue weighted by Gasteiger charge is -2.34. The van der Waals surface area contributed by atoms with E-state index in [-0.39, 0.29) is 0 Å². The molecule has 9 heavy (non-hydrogen) atoms. The zero-order valence-corrected chi connectivity index (χ0v) is 5.51. The summed E-state index contributed by atoms with van der Waals surface area (Å²) in [5.41, 5.74) is 0. The molecule has 2 fully saturated rings. The highest BCUT2D eigenvalue weighted by atomic mass is 16.5. The van der Waals surface area contributed by atoms with Crippen molar-refractivity contribution in [1.29, 1.82) is 0 Å². The third-order valence-electron chi connectivity index (χ3n) is 2.20. The van der Waals surface area contributed by atoms with Gasteiger partial charge in [-0.15, -0.1) is 0 Å². The third-order valence-corrected chi connectivity index (χ3v) is 2.20. The fraction of sp³-hybridized carbons (Fsp3) is 1.00. The summed E-state index contributed by atoms with van der Waals surface area (Å²) >= 11 is 0. The summed E-state index contributed by atoms with van der Waals surface area (Å²) in [6, 6.07) is 0. The standard InChI is InChI=1S/C7H12O2/c1-2-6-4-9-7(6)5-8-3-1/h6-7H,1-5H2. The van der Waals surface area contributed by atoms with E-state index in [0.717, 1.165) is 25.7 Å². The number of fused-ring (bicyclic) bond motifs is 1. The lowest BCUT2D eigenvalue weighted by Crippen LogP contribution is -2.41. The summed E-state index contributed by atoms with van der Waals surface area (Å²) in [6.07, 6.45) is 2.99. The molecule has 0 bridgehead atoms. The molecule has 0 radical (unpaired) electrons. The SMILES string of the molecule is C1COCC2OCC2C1. The van der Waals surface area contributed by atoms with Gasteiger partial charge < -0.3 is 9.47 Å². The van der Waals surface area contributed by atoms with E-state index in [1.165, 1.54) is 12.8 Å². The third kappa shape index (κ3) is 0.970. The molecule has 0 saturated carbocycles. The molecule has 2 unspecified atom stereocenters. The average molecular weight is 128 g/mol. The molecule has 2 aliphatic rings. The second-order valence-corrected chi connectivity index (χ2v) is 2.85. The molecular formula is C7H12O2. The summed E-state index contributed by atoms with van der Waals surface area (Å²) in [7, 11) is 0. The van der Waals surface area contributed by atoms with Gasteiger partial charge in [0.15, 0.2) is 0 Å². The quantitative estimate of drug-likeness (QED) is 0.480. The van der Waals surface area contributed by atoms with Crippen LogP contribution in [0.25, 0.3) is 0 Å². The fourth-order valence-corrected chi connectivity index (χ4v) is 1.47. The van der Waals surface area contributed by atoms with Crippen LogP contribution in [0.5, 0.6) is 0 Å². The molecule has 2 saturated heterocycles. The number of ether oxygens (including phenoxy) is 2. The van der Waals surface area contributed by atoms with Crippen LogP contribution in [0.1, 0.15) is 12.8 Å². The molecule has 2 heteroatoms. The molecule has 2 heterocycles. The van der Waals surface area contributed by atoms with E-state index in [0.29, 0.717) is 6.10 Å². The summed E-state index contributed by atoms with van der Waals surface area (Å²) in [5.74, 6) is 0.826. The van der Waals surface area contributed by atoms with E-state index >= 15 is 0 Å². The largest absolute Gasteiger partial charge is 0.379 e. The summed E-state index contributed by atoms with van der Waals surface area (Å²) in [5, 5.41) is 0. The predicted octanol–water partition coefficient (Wildman–Crippen LogP) is 0.812. The first-order valence-corrected chi connectivity index (χ1v) is 3.66. The zero-order valence-electron chi connectivity index (χ0n) is 5.51. The normalized spacial score (nSPS) is 42.7. The van der Waals surface area contributed by atoms with Crippen molar-refractivity contribution in [1.82, 2.24) is 0 Å². The van der Waals surface area contributed by atoms with Crippen LogP contribution >= 0.6 is 0 Å². The topological polar surface area (TPSA) is 18.5 Å². The van der Waals surface area contributed by atoms with Crippen molar-refractivity contribution < 1.29 is 9.47 Å². The maximum Gasteiger partial charge on any atom is 0.0858 e. The van der Waals surface area contributed by atoms with Crippen molar-refractivity contribution in [2.24, 2.45) is 5.92 Å². The molecule has 0 N–H and O–H groups in total. The van der Waals surface area contributed by atoms with Gasteiger partial charge in [0.25, 0.3) is 0 Å². The van der Waals surface area contributed by atoms with Gasteiger partial charge in [-0.1, -0.05) is 0 Å². The Morgan fingerprint density at radius 2 is 2.22 bits per heavy atom. The Kier molecular flexibility index (Phi) is 1.44. The highest BCUT2D eigenvalue weighted by molar-refractivity contribution is 4.79. The van der Waals surface area contributed by atoms with Gasteiger partial charge in [-0.25, -0.2) is 0 Å². The second kappa shape index (κ2) is 2.27. The first kappa shape index (κ1) is 5.69. The van der Waals surface area contributed by atoms with Gasteiger partial charge in [0, 0.05) is 12.5 Å².